The molecule has 1 fully saturated rings. The smallest absolute Gasteiger partial charge is 0.119 e. The lowest BCUT2D eigenvalue weighted by molar-refractivity contribution is 0.190. The van der Waals surface area contributed by atoms with Crippen molar-refractivity contribution >= 4 is 0 Å². The van der Waals surface area contributed by atoms with Crippen LogP contribution >= 0.6 is 0 Å². The summed E-state index contributed by atoms with van der Waals surface area (Å²) in [7, 11) is 0. The Hall–Kier alpha value is -2.31. The first-order valence-electron chi connectivity index (χ1n) is 8.27. The predicted molar refractivity (Wildman–Crippen MR) is 87.7 cm³/mol. The highest BCUT2D eigenvalue weighted by molar-refractivity contribution is 5.53. The molecule has 3 heteroatoms. The lowest BCUT2D eigenvalue weighted by atomic mass is 9.58. The molecular formula is C20H18N2O. The number of ether oxygens (including phenoxy) is 1. The third kappa shape index (κ3) is 1.67. The SMILES string of the molecule is N#CC1Cc2ccc(OC[C@@]34CNC[C@@H]3c3ccccc34)cc21. The van der Waals surface area contributed by atoms with Crippen LogP contribution in [-0.4, -0.2) is 19.7 Å². The topological polar surface area (TPSA) is 45.0 Å². The average molecular weight is 302 g/mol. The largest absolute Gasteiger partial charge is 0.493 e. The zero-order valence-corrected chi connectivity index (χ0v) is 12.9. The molecule has 2 aromatic carbocycles. The fraction of sp³-hybridized carbons (Fsp3) is 0.350. The molecule has 0 amide bonds. The first-order valence-corrected chi connectivity index (χ1v) is 8.27. The molecule has 1 N–H and O–H groups in total. The summed E-state index contributed by atoms with van der Waals surface area (Å²) in [6, 6.07) is 17.3. The zero-order chi connectivity index (χ0) is 15.4. The summed E-state index contributed by atoms with van der Waals surface area (Å²) in [5, 5.41) is 12.7. The van der Waals surface area contributed by atoms with Crippen molar-refractivity contribution < 1.29 is 4.74 Å². The molecule has 0 radical (unpaired) electrons. The number of hydrogen-bond acceptors (Lipinski definition) is 3. The second-order valence-corrected chi connectivity index (χ2v) is 6.96. The van der Waals surface area contributed by atoms with Gasteiger partial charge in [0.1, 0.15) is 5.75 Å². The molecular weight excluding hydrogens is 284 g/mol. The van der Waals surface area contributed by atoms with Gasteiger partial charge in [-0.3, -0.25) is 0 Å². The van der Waals surface area contributed by atoms with Gasteiger partial charge in [0, 0.05) is 19.0 Å². The number of hydrogen-bond donors (Lipinski definition) is 1. The van der Waals surface area contributed by atoms with Crippen molar-refractivity contribution in [1.29, 1.82) is 5.26 Å². The highest BCUT2D eigenvalue weighted by atomic mass is 16.5. The van der Waals surface area contributed by atoms with Gasteiger partial charge in [0.15, 0.2) is 0 Å². The predicted octanol–water partition coefficient (Wildman–Crippen LogP) is 2.87. The van der Waals surface area contributed by atoms with Crippen molar-refractivity contribution in [2.45, 2.75) is 23.7 Å². The van der Waals surface area contributed by atoms with E-state index in [1.807, 2.05) is 6.07 Å². The highest BCUT2D eigenvalue weighted by Crippen LogP contribution is 2.53. The van der Waals surface area contributed by atoms with Gasteiger partial charge in [-0.15, -0.1) is 0 Å². The molecule has 2 aliphatic carbocycles. The van der Waals surface area contributed by atoms with E-state index in [2.05, 4.69) is 47.8 Å². The van der Waals surface area contributed by atoms with Crippen LogP contribution in [0.15, 0.2) is 42.5 Å². The fourth-order valence-electron chi connectivity index (χ4n) is 4.55. The van der Waals surface area contributed by atoms with Crippen LogP contribution in [-0.2, 0) is 11.8 Å². The number of nitrogens with zero attached hydrogens (tertiary/aromatic N) is 1. The molecule has 3 aliphatic rings. The van der Waals surface area contributed by atoms with E-state index in [-0.39, 0.29) is 11.3 Å². The molecule has 1 aliphatic heterocycles. The lowest BCUT2D eigenvalue weighted by Gasteiger charge is -2.46. The van der Waals surface area contributed by atoms with E-state index in [0.29, 0.717) is 12.5 Å². The summed E-state index contributed by atoms with van der Waals surface area (Å²) >= 11 is 0. The van der Waals surface area contributed by atoms with E-state index in [4.69, 9.17) is 10.00 Å². The van der Waals surface area contributed by atoms with Gasteiger partial charge in [0.25, 0.3) is 0 Å². The van der Waals surface area contributed by atoms with Crippen LogP contribution < -0.4 is 10.1 Å². The van der Waals surface area contributed by atoms with Crippen molar-refractivity contribution in [3.63, 3.8) is 0 Å². The highest BCUT2D eigenvalue weighted by Gasteiger charge is 2.54. The monoisotopic (exact) mass is 302 g/mol. The minimum Gasteiger partial charge on any atom is -0.493 e. The molecule has 5 rings (SSSR count). The Kier molecular flexibility index (Phi) is 2.63. The van der Waals surface area contributed by atoms with Gasteiger partial charge < -0.3 is 10.1 Å². The first-order chi connectivity index (χ1) is 11.3. The maximum Gasteiger partial charge on any atom is 0.119 e. The van der Waals surface area contributed by atoms with Gasteiger partial charge in [0.2, 0.25) is 0 Å². The molecule has 23 heavy (non-hydrogen) atoms. The first kappa shape index (κ1) is 13.2. The number of benzene rings is 2. The molecule has 0 bridgehead atoms. The molecule has 0 spiro atoms. The second kappa shape index (κ2) is 4.59. The summed E-state index contributed by atoms with van der Waals surface area (Å²) in [6.07, 6.45) is 0.884. The molecule has 1 saturated heterocycles. The fourth-order valence-corrected chi connectivity index (χ4v) is 4.55. The van der Waals surface area contributed by atoms with Crippen LogP contribution in [0.1, 0.15) is 34.1 Å². The molecule has 1 heterocycles. The summed E-state index contributed by atoms with van der Waals surface area (Å²) in [6.45, 7) is 2.74. The Morgan fingerprint density at radius 3 is 3.04 bits per heavy atom. The Bertz CT molecular complexity index is 838. The quantitative estimate of drug-likeness (QED) is 0.948. The van der Waals surface area contributed by atoms with Gasteiger partial charge in [0.05, 0.1) is 24.0 Å². The van der Waals surface area contributed by atoms with Crippen molar-refractivity contribution in [1.82, 2.24) is 5.32 Å². The molecule has 3 nitrogen and oxygen atoms in total. The maximum atomic E-state index is 9.12. The van der Waals surface area contributed by atoms with Gasteiger partial charge in [-0.05, 0) is 40.8 Å². The molecule has 1 unspecified atom stereocenters. The van der Waals surface area contributed by atoms with Crippen LogP contribution in [0.5, 0.6) is 5.75 Å². The lowest BCUT2D eigenvalue weighted by Crippen LogP contribution is -2.48. The summed E-state index contributed by atoms with van der Waals surface area (Å²) < 4.78 is 6.18. The van der Waals surface area contributed by atoms with Crippen LogP contribution in [0, 0.1) is 11.3 Å². The molecule has 3 atom stereocenters. The third-order valence-corrected chi connectivity index (χ3v) is 5.90. The van der Waals surface area contributed by atoms with Gasteiger partial charge in [-0.2, -0.15) is 5.26 Å². The normalized spacial score (nSPS) is 29.3. The van der Waals surface area contributed by atoms with Crippen molar-refractivity contribution in [3.05, 3.63) is 64.7 Å². The number of fused-ring (bicyclic) bond motifs is 5. The summed E-state index contributed by atoms with van der Waals surface area (Å²) in [5.41, 5.74) is 5.47. The Morgan fingerprint density at radius 1 is 1.22 bits per heavy atom. The minimum atomic E-state index is 0.0528. The van der Waals surface area contributed by atoms with Gasteiger partial charge in [-0.25, -0.2) is 0 Å². The number of nitrogens with one attached hydrogen (secondary N) is 1. The summed E-state index contributed by atoms with van der Waals surface area (Å²) in [5.74, 6) is 1.52. The van der Waals surface area contributed by atoms with E-state index in [9.17, 15) is 0 Å². The maximum absolute atomic E-state index is 9.12. The molecule has 0 aromatic heterocycles. The van der Waals surface area contributed by atoms with E-state index in [1.54, 1.807) is 0 Å². The van der Waals surface area contributed by atoms with E-state index in [1.165, 1.54) is 16.7 Å². The number of rotatable bonds is 3. The van der Waals surface area contributed by atoms with E-state index in [0.717, 1.165) is 30.8 Å². The van der Waals surface area contributed by atoms with Gasteiger partial charge >= 0.3 is 0 Å². The van der Waals surface area contributed by atoms with Gasteiger partial charge in [-0.1, -0.05) is 30.3 Å². The van der Waals surface area contributed by atoms with Crippen molar-refractivity contribution in [2.75, 3.05) is 19.7 Å². The Labute approximate surface area is 135 Å². The molecule has 0 saturated carbocycles. The molecule has 2 aromatic rings. The van der Waals surface area contributed by atoms with Crippen LogP contribution in [0.25, 0.3) is 0 Å². The Balaban J connectivity index is 1.40. The minimum absolute atomic E-state index is 0.0528. The average Bonchev–Trinajstić information content (AvgIpc) is 2.93. The third-order valence-electron chi connectivity index (χ3n) is 5.90. The van der Waals surface area contributed by atoms with Crippen LogP contribution in [0.2, 0.25) is 0 Å². The van der Waals surface area contributed by atoms with Crippen molar-refractivity contribution in [2.24, 2.45) is 0 Å². The van der Waals surface area contributed by atoms with Crippen LogP contribution in [0.3, 0.4) is 0 Å². The second-order valence-electron chi connectivity index (χ2n) is 6.96. The number of nitriles is 1. The zero-order valence-electron chi connectivity index (χ0n) is 12.9. The standard InChI is InChI=1S/C20H18N2O/c21-9-14-7-13-5-6-15(8-17(13)14)23-12-20-11-22-10-19(20)16-3-1-2-4-18(16)20/h1-6,8,14,19,22H,7,10-12H2/t14?,19-,20-/m1/s1. The molecule has 114 valence electrons. The van der Waals surface area contributed by atoms with E-state index >= 15 is 0 Å². The summed E-state index contributed by atoms with van der Waals surface area (Å²) in [4.78, 5) is 0. The van der Waals surface area contributed by atoms with E-state index < -0.39 is 0 Å². The van der Waals surface area contributed by atoms with Crippen LogP contribution in [0.4, 0.5) is 0 Å². The van der Waals surface area contributed by atoms with Crippen molar-refractivity contribution in [3.8, 4) is 11.8 Å². The Morgan fingerprint density at radius 2 is 2.13 bits per heavy atom.